The molecular formula is C10H9BrF5NO3S. The van der Waals surface area contributed by atoms with Gasteiger partial charge in [-0.3, -0.25) is 0 Å². The first kappa shape index (κ1) is 18.3. The van der Waals surface area contributed by atoms with Gasteiger partial charge in [-0.15, -0.1) is 0 Å². The molecule has 0 bridgehead atoms. The number of hydrogen-bond donors (Lipinski definition) is 2. The maximum Gasteiger partial charge on any atom is 0.320 e. The number of sulfonamides is 1. The molecule has 0 fully saturated rings. The van der Waals surface area contributed by atoms with Gasteiger partial charge in [-0.1, -0.05) is 15.9 Å². The second-order valence-corrected chi connectivity index (χ2v) is 6.57. The predicted molar refractivity (Wildman–Crippen MR) is 66.2 cm³/mol. The number of nitrogens with one attached hydrogen (secondary N) is 1. The molecule has 0 atom stereocenters. The Morgan fingerprint density at radius 2 is 1.90 bits per heavy atom. The van der Waals surface area contributed by atoms with E-state index in [9.17, 15) is 30.4 Å². The minimum Gasteiger partial charge on any atom is -0.392 e. The molecule has 0 saturated carbocycles. The van der Waals surface area contributed by atoms with Crippen LogP contribution in [-0.4, -0.2) is 32.4 Å². The number of halogens is 6. The minimum atomic E-state index is -4.79. The molecule has 0 amide bonds. The summed E-state index contributed by atoms with van der Waals surface area (Å²) in [5.41, 5.74) is -0.398. The molecule has 11 heteroatoms. The predicted octanol–water partition coefficient (Wildman–Crippen LogP) is 2.26. The minimum absolute atomic E-state index is 0.0638. The van der Waals surface area contributed by atoms with Crippen LogP contribution >= 0.6 is 15.9 Å². The first-order valence-electron chi connectivity index (χ1n) is 5.25. The largest absolute Gasteiger partial charge is 0.392 e. The molecule has 1 aromatic rings. The molecule has 0 spiro atoms. The molecule has 1 rings (SSSR count). The maximum absolute atomic E-state index is 13.8. The van der Waals surface area contributed by atoms with Crippen molar-refractivity contribution in [3.05, 3.63) is 28.0 Å². The highest BCUT2D eigenvalue weighted by Crippen LogP contribution is 2.26. The van der Waals surface area contributed by atoms with Crippen molar-refractivity contribution in [2.24, 2.45) is 0 Å². The quantitative estimate of drug-likeness (QED) is 0.723. The highest BCUT2D eigenvalue weighted by Gasteiger charge is 2.42. The van der Waals surface area contributed by atoms with Crippen molar-refractivity contribution in [2.45, 2.75) is 23.9 Å². The van der Waals surface area contributed by atoms with Crippen LogP contribution < -0.4 is 4.72 Å². The Morgan fingerprint density at radius 3 is 2.38 bits per heavy atom. The number of rotatable bonds is 6. The van der Waals surface area contributed by atoms with Crippen LogP contribution in [0.4, 0.5) is 22.0 Å². The van der Waals surface area contributed by atoms with Crippen molar-refractivity contribution >= 4 is 26.0 Å². The zero-order chi connectivity index (χ0) is 16.4. The molecule has 21 heavy (non-hydrogen) atoms. The van der Waals surface area contributed by atoms with Gasteiger partial charge in [-0.05, 0) is 12.1 Å². The van der Waals surface area contributed by atoms with Crippen molar-refractivity contribution < 1.29 is 35.5 Å². The summed E-state index contributed by atoms with van der Waals surface area (Å²) in [6.07, 6.45) is -4.07. The Hall–Kier alpha value is -0.780. The first-order valence-corrected chi connectivity index (χ1v) is 7.53. The monoisotopic (exact) mass is 397 g/mol. The average molecular weight is 398 g/mol. The Kier molecular flexibility index (Phi) is 5.69. The van der Waals surface area contributed by atoms with Crippen LogP contribution in [0.25, 0.3) is 0 Å². The van der Waals surface area contributed by atoms with E-state index in [1.165, 1.54) is 4.72 Å². The van der Waals surface area contributed by atoms with Gasteiger partial charge in [0.15, 0.2) is 0 Å². The van der Waals surface area contributed by atoms with Gasteiger partial charge in [-0.25, -0.2) is 26.3 Å². The summed E-state index contributed by atoms with van der Waals surface area (Å²) in [5, 5.41) is 8.87. The lowest BCUT2D eigenvalue weighted by atomic mass is 10.2. The van der Waals surface area contributed by atoms with E-state index in [1.807, 2.05) is 0 Å². The zero-order valence-corrected chi connectivity index (χ0v) is 12.5. The Morgan fingerprint density at radius 1 is 1.33 bits per heavy atom. The summed E-state index contributed by atoms with van der Waals surface area (Å²) in [6.45, 7) is -2.71. The fourth-order valence-electron chi connectivity index (χ4n) is 1.28. The third kappa shape index (κ3) is 4.34. The van der Waals surface area contributed by atoms with Crippen molar-refractivity contribution in [3.8, 4) is 0 Å². The van der Waals surface area contributed by atoms with Crippen molar-refractivity contribution in [1.29, 1.82) is 0 Å². The van der Waals surface area contributed by atoms with E-state index in [-0.39, 0.29) is 4.47 Å². The van der Waals surface area contributed by atoms with Gasteiger partial charge in [0.25, 0.3) is 0 Å². The van der Waals surface area contributed by atoms with Crippen LogP contribution in [0.3, 0.4) is 0 Å². The first-order chi connectivity index (χ1) is 9.51. The lowest BCUT2D eigenvalue weighted by molar-refractivity contribution is -0.122. The summed E-state index contributed by atoms with van der Waals surface area (Å²) in [4.78, 5) is -1.04. The highest BCUT2D eigenvalue weighted by molar-refractivity contribution is 9.10. The molecule has 0 saturated heterocycles. The van der Waals surface area contributed by atoms with Gasteiger partial charge in [-0.2, -0.15) is 8.78 Å². The van der Waals surface area contributed by atoms with Crippen LogP contribution in [0, 0.1) is 5.82 Å². The average Bonchev–Trinajstić information content (AvgIpc) is 2.38. The second-order valence-electron chi connectivity index (χ2n) is 3.92. The Balaban J connectivity index is 3.12. The van der Waals surface area contributed by atoms with Crippen molar-refractivity contribution in [3.63, 3.8) is 0 Å². The van der Waals surface area contributed by atoms with Crippen LogP contribution in [-0.2, 0) is 16.6 Å². The lowest BCUT2D eigenvalue weighted by Crippen LogP contribution is -2.41. The topological polar surface area (TPSA) is 66.4 Å². The van der Waals surface area contributed by atoms with Crippen LogP contribution in [0.5, 0.6) is 0 Å². The highest BCUT2D eigenvalue weighted by atomic mass is 79.9. The standard InChI is InChI=1S/C10H9BrF5NO3S/c11-6-1-5(3-18)8(12)7(2-6)21(19,20)17-4-10(15,16)9(13)14/h1-2,9,17-18H,3-4H2. The lowest BCUT2D eigenvalue weighted by Gasteiger charge is -2.16. The fourth-order valence-corrected chi connectivity index (χ4v) is 3.12. The normalized spacial score (nSPS) is 13.0. The van der Waals surface area contributed by atoms with Crippen LogP contribution in [0.2, 0.25) is 0 Å². The third-order valence-electron chi connectivity index (χ3n) is 2.36. The van der Waals surface area contributed by atoms with Crippen molar-refractivity contribution in [1.82, 2.24) is 4.72 Å². The van der Waals surface area contributed by atoms with E-state index >= 15 is 0 Å². The van der Waals surface area contributed by atoms with E-state index < -0.39 is 51.8 Å². The molecular weight excluding hydrogens is 389 g/mol. The number of aliphatic hydroxyl groups is 1. The molecule has 0 aliphatic rings. The number of benzene rings is 1. The van der Waals surface area contributed by atoms with Gasteiger partial charge >= 0.3 is 12.3 Å². The Bertz CT molecular complexity index is 623. The van der Waals surface area contributed by atoms with Gasteiger partial charge in [0.1, 0.15) is 10.7 Å². The molecule has 0 aliphatic carbocycles. The summed E-state index contributed by atoms with van der Waals surface area (Å²) >= 11 is 2.86. The molecule has 0 unspecified atom stereocenters. The molecule has 0 aliphatic heterocycles. The molecule has 0 heterocycles. The van der Waals surface area contributed by atoms with Gasteiger partial charge in [0.05, 0.1) is 13.2 Å². The van der Waals surface area contributed by atoms with E-state index in [0.29, 0.717) is 0 Å². The molecule has 2 N–H and O–H groups in total. The van der Waals surface area contributed by atoms with Crippen LogP contribution in [0.1, 0.15) is 5.56 Å². The van der Waals surface area contributed by atoms with E-state index in [2.05, 4.69) is 15.9 Å². The van der Waals surface area contributed by atoms with Crippen molar-refractivity contribution in [2.75, 3.05) is 6.54 Å². The maximum atomic E-state index is 13.8. The number of hydrogen-bond acceptors (Lipinski definition) is 3. The van der Waals surface area contributed by atoms with Gasteiger partial charge in [0.2, 0.25) is 10.0 Å². The number of aliphatic hydroxyl groups excluding tert-OH is 1. The summed E-state index contributed by atoms with van der Waals surface area (Å²) in [7, 11) is -4.79. The second kappa shape index (κ2) is 6.55. The van der Waals surface area contributed by atoms with Crippen LogP contribution in [0.15, 0.2) is 21.5 Å². The summed E-state index contributed by atoms with van der Waals surface area (Å²) < 4.78 is 87.8. The fraction of sp³-hybridized carbons (Fsp3) is 0.400. The smallest absolute Gasteiger partial charge is 0.320 e. The third-order valence-corrected chi connectivity index (χ3v) is 4.21. The molecule has 1 aromatic carbocycles. The number of alkyl halides is 4. The molecule has 0 radical (unpaired) electrons. The summed E-state index contributed by atoms with van der Waals surface area (Å²) in [5.74, 6) is -5.94. The molecule has 120 valence electrons. The molecule has 0 aromatic heterocycles. The SMILES string of the molecule is O=S(=O)(NCC(F)(F)C(F)F)c1cc(Br)cc(CO)c1F. The van der Waals surface area contributed by atoms with E-state index in [4.69, 9.17) is 5.11 Å². The van der Waals surface area contributed by atoms with E-state index in [0.717, 1.165) is 12.1 Å². The van der Waals surface area contributed by atoms with Gasteiger partial charge in [0, 0.05) is 10.0 Å². The summed E-state index contributed by atoms with van der Waals surface area (Å²) in [6, 6.07) is 1.85. The van der Waals surface area contributed by atoms with E-state index in [1.54, 1.807) is 0 Å². The molecule has 4 nitrogen and oxygen atoms in total. The Labute approximate surface area is 125 Å². The zero-order valence-electron chi connectivity index (χ0n) is 10.1. The van der Waals surface area contributed by atoms with Gasteiger partial charge < -0.3 is 5.11 Å².